The molecule has 0 amide bonds. The maximum atomic E-state index is 4.79. The molecule has 1 aliphatic rings. The Morgan fingerprint density at radius 3 is 2.42 bits per heavy atom. The van der Waals surface area contributed by atoms with E-state index in [1.54, 1.807) is 0 Å². The van der Waals surface area contributed by atoms with Crippen LogP contribution in [0.3, 0.4) is 0 Å². The molecule has 0 aliphatic carbocycles. The third-order valence-electron chi connectivity index (χ3n) is 6.12. The first-order valence-electron chi connectivity index (χ1n) is 10.7. The lowest BCUT2D eigenvalue weighted by Crippen LogP contribution is -2.43. The number of nitrogens with one attached hydrogen (secondary N) is 1. The van der Waals surface area contributed by atoms with Crippen LogP contribution in [0.5, 0.6) is 0 Å². The van der Waals surface area contributed by atoms with Gasteiger partial charge in [-0.2, -0.15) is 5.10 Å². The zero-order chi connectivity index (χ0) is 20.6. The highest BCUT2D eigenvalue weighted by Gasteiger charge is 2.13. The van der Waals surface area contributed by atoms with E-state index in [1.807, 2.05) is 16.9 Å². The number of aromatic nitrogens is 3. The molecule has 31 heavy (non-hydrogen) atoms. The lowest BCUT2D eigenvalue weighted by atomic mass is 10.0. The highest BCUT2D eigenvalue weighted by atomic mass is 15.2. The third kappa shape index (κ3) is 3.23. The Balaban J connectivity index is 1.36. The number of nitrogens with zero attached hydrogens (tertiary/aromatic N) is 4. The van der Waals surface area contributed by atoms with Crippen molar-refractivity contribution in [2.24, 2.45) is 0 Å². The molecule has 6 rings (SSSR count). The normalized spacial score (nSPS) is 14.4. The molecule has 0 radical (unpaired) electrons. The molecule has 0 saturated carbocycles. The van der Waals surface area contributed by atoms with E-state index in [0.29, 0.717) is 0 Å². The average Bonchev–Trinajstić information content (AvgIpc) is 3.27. The van der Waals surface area contributed by atoms with Crippen molar-refractivity contribution in [1.82, 2.24) is 19.9 Å². The van der Waals surface area contributed by atoms with Gasteiger partial charge in [-0.1, -0.05) is 54.6 Å². The van der Waals surface area contributed by atoms with Crippen LogP contribution in [-0.4, -0.2) is 40.8 Å². The van der Waals surface area contributed by atoms with Crippen molar-refractivity contribution in [3.8, 4) is 22.3 Å². The Hall–Kier alpha value is -3.70. The summed E-state index contributed by atoms with van der Waals surface area (Å²) in [6.07, 6.45) is 5.93. The Bertz CT molecular complexity index is 1360. The second-order valence-corrected chi connectivity index (χ2v) is 7.98. The number of rotatable bonds is 3. The number of anilines is 1. The predicted molar refractivity (Wildman–Crippen MR) is 126 cm³/mol. The topological polar surface area (TPSA) is 45.5 Å². The summed E-state index contributed by atoms with van der Waals surface area (Å²) in [6.45, 7) is 4.19. The van der Waals surface area contributed by atoms with Crippen molar-refractivity contribution < 1.29 is 0 Å². The smallest absolute Gasteiger partial charge is 0.162 e. The van der Waals surface area contributed by atoms with Crippen molar-refractivity contribution in [1.29, 1.82) is 0 Å². The summed E-state index contributed by atoms with van der Waals surface area (Å²) in [5.74, 6) is 0. The Morgan fingerprint density at radius 2 is 1.55 bits per heavy atom. The highest BCUT2D eigenvalue weighted by Crippen LogP contribution is 2.31. The molecule has 2 aromatic heterocycles. The lowest BCUT2D eigenvalue weighted by molar-refractivity contribution is 0.589. The minimum absolute atomic E-state index is 0.873. The zero-order valence-corrected chi connectivity index (χ0v) is 17.2. The van der Waals surface area contributed by atoms with E-state index >= 15 is 0 Å². The molecule has 0 atom stereocenters. The molecule has 1 fully saturated rings. The summed E-state index contributed by atoms with van der Waals surface area (Å²) >= 11 is 0. The van der Waals surface area contributed by atoms with Gasteiger partial charge < -0.3 is 10.2 Å². The van der Waals surface area contributed by atoms with Gasteiger partial charge in [-0.15, -0.1) is 0 Å². The van der Waals surface area contributed by atoms with Crippen LogP contribution in [0, 0.1) is 0 Å². The largest absolute Gasteiger partial charge is 0.369 e. The number of hydrogen-bond donors (Lipinski definition) is 1. The fourth-order valence-electron chi connectivity index (χ4n) is 4.46. The predicted octanol–water partition coefficient (Wildman–Crippen LogP) is 4.63. The van der Waals surface area contributed by atoms with Crippen molar-refractivity contribution in [3.05, 3.63) is 85.3 Å². The van der Waals surface area contributed by atoms with Crippen LogP contribution in [0.25, 0.3) is 38.7 Å². The third-order valence-corrected chi connectivity index (χ3v) is 6.12. The van der Waals surface area contributed by atoms with Gasteiger partial charge in [0.05, 0.1) is 6.20 Å². The van der Waals surface area contributed by atoms with E-state index < -0.39 is 0 Å². The molecule has 0 unspecified atom stereocenters. The van der Waals surface area contributed by atoms with Crippen molar-refractivity contribution >= 4 is 22.1 Å². The van der Waals surface area contributed by atoms with Gasteiger partial charge in [0.2, 0.25) is 0 Å². The van der Waals surface area contributed by atoms with E-state index in [0.717, 1.165) is 54.1 Å². The molecular weight excluding hydrogens is 382 g/mol. The number of piperazine rings is 1. The quantitative estimate of drug-likeness (QED) is 0.476. The molecule has 5 aromatic rings. The van der Waals surface area contributed by atoms with Crippen LogP contribution in [0.15, 0.2) is 85.3 Å². The summed E-state index contributed by atoms with van der Waals surface area (Å²) in [6, 6.07) is 23.6. The monoisotopic (exact) mass is 405 g/mol. The molecule has 3 heterocycles. The van der Waals surface area contributed by atoms with Gasteiger partial charge in [0.1, 0.15) is 0 Å². The molecule has 1 aliphatic heterocycles. The minimum Gasteiger partial charge on any atom is -0.369 e. The Labute approximate surface area is 181 Å². The van der Waals surface area contributed by atoms with Crippen LogP contribution in [-0.2, 0) is 0 Å². The van der Waals surface area contributed by atoms with Crippen LogP contribution < -0.4 is 10.2 Å². The van der Waals surface area contributed by atoms with Gasteiger partial charge in [-0.3, -0.25) is 0 Å². The average molecular weight is 406 g/mol. The summed E-state index contributed by atoms with van der Waals surface area (Å²) in [7, 11) is 0. The molecule has 3 aromatic carbocycles. The first-order valence-corrected chi connectivity index (χ1v) is 10.7. The Kier molecular flexibility index (Phi) is 4.39. The summed E-state index contributed by atoms with van der Waals surface area (Å²) in [4.78, 5) is 7.22. The fraction of sp³-hybridized carbons (Fsp3) is 0.154. The van der Waals surface area contributed by atoms with Crippen LogP contribution in [0.2, 0.25) is 0 Å². The first-order chi connectivity index (χ1) is 15.4. The molecule has 1 saturated heterocycles. The summed E-state index contributed by atoms with van der Waals surface area (Å²) < 4.78 is 1.89. The fourth-order valence-corrected chi connectivity index (χ4v) is 4.46. The van der Waals surface area contributed by atoms with Gasteiger partial charge >= 0.3 is 0 Å². The van der Waals surface area contributed by atoms with Gasteiger partial charge in [-0.25, -0.2) is 9.50 Å². The maximum Gasteiger partial charge on any atom is 0.162 e. The number of fused-ring (bicyclic) bond motifs is 2. The van der Waals surface area contributed by atoms with E-state index in [9.17, 15) is 0 Å². The molecule has 1 N–H and O–H groups in total. The molecule has 5 heteroatoms. The van der Waals surface area contributed by atoms with Crippen LogP contribution >= 0.6 is 0 Å². The minimum atomic E-state index is 0.873. The summed E-state index contributed by atoms with van der Waals surface area (Å²) in [5, 5.41) is 10.5. The van der Waals surface area contributed by atoms with E-state index in [4.69, 9.17) is 4.98 Å². The summed E-state index contributed by atoms with van der Waals surface area (Å²) in [5.41, 5.74) is 6.57. The number of benzene rings is 3. The molecule has 0 spiro atoms. The number of hydrogen-bond acceptors (Lipinski definition) is 4. The van der Waals surface area contributed by atoms with Crippen LogP contribution in [0.1, 0.15) is 0 Å². The van der Waals surface area contributed by atoms with E-state index in [2.05, 4.69) is 88.2 Å². The Morgan fingerprint density at radius 1 is 0.742 bits per heavy atom. The molecule has 5 nitrogen and oxygen atoms in total. The molecular formula is C26H23N5. The van der Waals surface area contributed by atoms with Gasteiger partial charge in [0.25, 0.3) is 0 Å². The second-order valence-electron chi connectivity index (χ2n) is 7.98. The lowest BCUT2D eigenvalue weighted by Gasteiger charge is -2.29. The van der Waals surface area contributed by atoms with Crippen molar-refractivity contribution in [3.63, 3.8) is 0 Å². The molecule has 0 bridgehead atoms. The molecule has 152 valence electrons. The standard InChI is InChI=1S/C26H23N5/c1-2-6-23-20(4-1)5-3-7-24(23)25-17-29-31-18-21(16-28-26(25)31)19-8-10-22(11-9-19)30-14-12-27-13-15-30/h1-11,16-18,27H,12-15H2. The van der Waals surface area contributed by atoms with Crippen molar-refractivity contribution in [2.75, 3.05) is 31.1 Å². The van der Waals surface area contributed by atoms with Gasteiger partial charge in [-0.05, 0) is 34.0 Å². The van der Waals surface area contributed by atoms with E-state index in [1.165, 1.54) is 16.5 Å². The maximum absolute atomic E-state index is 4.79. The van der Waals surface area contributed by atoms with Gasteiger partial charge in [0.15, 0.2) is 5.65 Å². The first kappa shape index (κ1) is 18.1. The van der Waals surface area contributed by atoms with Crippen LogP contribution in [0.4, 0.5) is 5.69 Å². The second kappa shape index (κ2) is 7.52. The van der Waals surface area contributed by atoms with Gasteiger partial charge in [0, 0.05) is 55.4 Å². The zero-order valence-electron chi connectivity index (χ0n) is 17.2. The SMILES string of the molecule is c1ccc2c(-c3cnn4cc(-c5ccc(N6CCNCC6)cc5)cnc34)cccc2c1. The van der Waals surface area contributed by atoms with E-state index in [-0.39, 0.29) is 0 Å². The highest BCUT2D eigenvalue weighted by molar-refractivity contribution is 5.99. The van der Waals surface area contributed by atoms with Crippen molar-refractivity contribution in [2.45, 2.75) is 0 Å².